The highest BCUT2D eigenvalue weighted by Gasteiger charge is 2.29. The molecule has 1 aliphatic heterocycles. The Labute approximate surface area is 132 Å². The fourth-order valence-corrected chi connectivity index (χ4v) is 3.59. The van der Waals surface area contributed by atoms with Gasteiger partial charge in [0.2, 0.25) is 15.9 Å². The number of benzene rings is 1. The molecule has 0 unspecified atom stereocenters. The van der Waals surface area contributed by atoms with E-state index < -0.39 is 10.0 Å². The minimum Gasteiger partial charge on any atom is -0.349 e. The molecule has 0 saturated carbocycles. The molecule has 1 aliphatic rings. The van der Waals surface area contributed by atoms with Crippen molar-refractivity contribution < 1.29 is 13.2 Å². The summed E-state index contributed by atoms with van der Waals surface area (Å²) in [5.41, 5.74) is 2.27. The van der Waals surface area contributed by atoms with Crippen LogP contribution < -0.4 is 5.32 Å². The second kappa shape index (κ2) is 6.79. The second-order valence-corrected chi connectivity index (χ2v) is 8.06. The molecule has 1 saturated heterocycles. The van der Waals surface area contributed by atoms with Crippen LogP contribution in [0.5, 0.6) is 0 Å². The molecule has 0 aromatic heterocycles. The largest absolute Gasteiger partial charge is 0.349 e. The summed E-state index contributed by atoms with van der Waals surface area (Å²) in [4.78, 5) is 12.3. The molecule has 1 amide bonds. The molecular formula is C16H24N2O3S. The summed E-state index contributed by atoms with van der Waals surface area (Å²) in [6.45, 7) is 4.85. The first-order valence-electron chi connectivity index (χ1n) is 7.59. The van der Waals surface area contributed by atoms with Crippen LogP contribution in [0.1, 0.15) is 36.9 Å². The number of amides is 1. The van der Waals surface area contributed by atoms with E-state index in [-0.39, 0.29) is 17.9 Å². The Bertz CT molecular complexity index is 617. The maximum absolute atomic E-state index is 12.3. The summed E-state index contributed by atoms with van der Waals surface area (Å²) in [6, 6.07) is 8.06. The van der Waals surface area contributed by atoms with Gasteiger partial charge in [0, 0.05) is 19.0 Å². The predicted octanol–water partition coefficient (Wildman–Crippen LogP) is 1.84. The zero-order valence-electron chi connectivity index (χ0n) is 13.4. The molecule has 1 N–H and O–H groups in total. The van der Waals surface area contributed by atoms with Gasteiger partial charge in [0.05, 0.1) is 12.3 Å². The minimum atomic E-state index is -3.14. The normalized spacial score (nSPS) is 18.9. The van der Waals surface area contributed by atoms with Crippen LogP contribution in [0.15, 0.2) is 24.3 Å². The number of aryl methyl sites for hydroxylation is 1. The van der Waals surface area contributed by atoms with Crippen LogP contribution in [-0.2, 0) is 14.8 Å². The summed E-state index contributed by atoms with van der Waals surface area (Å²) in [7, 11) is -3.14. The van der Waals surface area contributed by atoms with Gasteiger partial charge in [0.25, 0.3) is 0 Å². The zero-order chi connectivity index (χ0) is 16.3. The monoisotopic (exact) mass is 324 g/mol. The number of piperidine rings is 1. The molecule has 0 aliphatic carbocycles. The number of hydrogen-bond acceptors (Lipinski definition) is 3. The number of carbonyl (C=O) groups is 1. The lowest BCUT2D eigenvalue weighted by Gasteiger charge is -2.30. The van der Waals surface area contributed by atoms with Crippen molar-refractivity contribution in [2.75, 3.05) is 19.3 Å². The van der Waals surface area contributed by atoms with Crippen molar-refractivity contribution >= 4 is 15.9 Å². The number of sulfonamides is 1. The van der Waals surface area contributed by atoms with Crippen molar-refractivity contribution in [1.29, 1.82) is 0 Å². The van der Waals surface area contributed by atoms with E-state index in [0.717, 1.165) is 5.56 Å². The molecule has 1 fully saturated rings. The Balaban J connectivity index is 1.89. The summed E-state index contributed by atoms with van der Waals surface area (Å²) in [6.07, 6.45) is 2.38. The maximum Gasteiger partial charge on any atom is 0.223 e. The number of nitrogens with zero attached hydrogens (tertiary/aromatic N) is 1. The molecule has 1 atom stereocenters. The Morgan fingerprint density at radius 3 is 2.27 bits per heavy atom. The lowest BCUT2D eigenvalue weighted by Crippen LogP contribution is -2.43. The Morgan fingerprint density at radius 2 is 1.77 bits per heavy atom. The van der Waals surface area contributed by atoms with E-state index in [1.165, 1.54) is 16.1 Å². The van der Waals surface area contributed by atoms with Gasteiger partial charge in [-0.25, -0.2) is 12.7 Å². The summed E-state index contributed by atoms with van der Waals surface area (Å²) >= 11 is 0. The molecule has 1 aromatic rings. The van der Waals surface area contributed by atoms with Crippen LogP contribution in [0.3, 0.4) is 0 Å². The average molecular weight is 324 g/mol. The van der Waals surface area contributed by atoms with Gasteiger partial charge in [0.15, 0.2) is 0 Å². The van der Waals surface area contributed by atoms with E-state index in [9.17, 15) is 13.2 Å². The van der Waals surface area contributed by atoms with Gasteiger partial charge in [0.1, 0.15) is 0 Å². The van der Waals surface area contributed by atoms with Gasteiger partial charge in [-0.05, 0) is 32.3 Å². The van der Waals surface area contributed by atoms with Crippen LogP contribution in [0.25, 0.3) is 0 Å². The number of nitrogens with one attached hydrogen (secondary N) is 1. The molecule has 0 radical (unpaired) electrons. The Kier molecular flexibility index (Phi) is 5.24. The molecule has 22 heavy (non-hydrogen) atoms. The van der Waals surface area contributed by atoms with Gasteiger partial charge < -0.3 is 5.32 Å². The van der Waals surface area contributed by atoms with Crippen molar-refractivity contribution in [3.8, 4) is 0 Å². The molecule has 2 rings (SSSR count). The summed E-state index contributed by atoms with van der Waals surface area (Å²) < 4.78 is 24.4. The molecule has 122 valence electrons. The first-order valence-corrected chi connectivity index (χ1v) is 9.44. The van der Waals surface area contributed by atoms with E-state index in [4.69, 9.17) is 0 Å². The first kappa shape index (κ1) is 17.0. The first-order chi connectivity index (χ1) is 10.3. The SMILES string of the molecule is Cc1ccc([C@H](C)NC(=O)C2CCN(S(C)(=O)=O)CC2)cc1. The molecule has 6 heteroatoms. The quantitative estimate of drug-likeness (QED) is 0.919. The van der Waals surface area contributed by atoms with Crippen molar-refractivity contribution in [2.45, 2.75) is 32.7 Å². The van der Waals surface area contributed by atoms with Crippen LogP contribution >= 0.6 is 0 Å². The van der Waals surface area contributed by atoms with Gasteiger partial charge in [-0.2, -0.15) is 0 Å². The van der Waals surface area contributed by atoms with Gasteiger partial charge >= 0.3 is 0 Å². The van der Waals surface area contributed by atoms with Gasteiger partial charge in [-0.15, -0.1) is 0 Å². The Hall–Kier alpha value is -1.40. The van der Waals surface area contributed by atoms with Crippen LogP contribution in [0.2, 0.25) is 0 Å². The average Bonchev–Trinajstić information content (AvgIpc) is 2.47. The molecule has 5 nitrogen and oxygen atoms in total. The molecule has 0 spiro atoms. The molecule has 0 bridgehead atoms. The van der Waals surface area contributed by atoms with Crippen LogP contribution in [0, 0.1) is 12.8 Å². The summed E-state index contributed by atoms with van der Waals surface area (Å²) in [5.74, 6) is -0.0906. The van der Waals surface area contributed by atoms with Crippen LogP contribution in [-0.4, -0.2) is 38.0 Å². The predicted molar refractivity (Wildman–Crippen MR) is 86.9 cm³/mol. The fraction of sp³-hybridized carbons (Fsp3) is 0.562. The highest BCUT2D eigenvalue weighted by molar-refractivity contribution is 7.88. The molecular weight excluding hydrogens is 300 g/mol. The van der Waals surface area contributed by atoms with Crippen molar-refractivity contribution in [1.82, 2.24) is 9.62 Å². The van der Waals surface area contributed by atoms with E-state index in [1.807, 2.05) is 38.1 Å². The number of carbonyl (C=O) groups excluding carboxylic acids is 1. The fourth-order valence-electron chi connectivity index (χ4n) is 2.72. The third-order valence-corrected chi connectivity index (χ3v) is 5.53. The van der Waals surface area contributed by atoms with Crippen molar-refractivity contribution in [3.63, 3.8) is 0 Å². The van der Waals surface area contributed by atoms with E-state index in [2.05, 4.69) is 5.32 Å². The maximum atomic E-state index is 12.3. The lowest BCUT2D eigenvalue weighted by atomic mass is 9.96. The minimum absolute atomic E-state index is 0.0150. The Morgan fingerprint density at radius 1 is 1.23 bits per heavy atom. The highest BCUT2D eigenvalue weighted by atomic mass is 32.2. The second-order valence-electron chi connectivity index (χ2n) is 6.08. The van der Waals surface area contributed by atoms with Gasteiger partial charge in [-0.1, -0.05) is 29.8 Å². The smallest absolute Gasteiger partial charge is 0.223 e. The molecule has 1 heterocycles. The third kappa shape index (κ3) is 4.30. The third-order valence-electron chi connectivity index (χ3n) is 4.23. The van der Waals surface area contributed by atoms with Crippen molar-refractivity contribution in [2.24, 2.45) is 5.92 Å². The summed E-state index contributed by atoms with van der Waals surface area (Å²) in [5, 5.41) is 3.03. The van der Waals surface area contributed by atoms with Crippen molar-refractivity contribution in [3.05, 3.63) is 35.4 Å². The topological polar surface area (TPSA) is 66.5 Å². The van der Waals surface area contributed by atoms with Gasteiger partial charge in [-0.3, -0.25) is 4.79 Å². The van der Waals surface area contributed by atoms with Crippen LogP contribution in [0.4, 0.5) is 0 Å². The molecule has 1 aromatic carbocycles. The zero-order valence-corrected chi connectivity index (χ0v) is 14.2. The van der Waals surface area contributed by atoms with E-state index in [1.54, 1.807) is 0 Å². The van der Waals surface area contributed by atoms with E-state index in [0.29, 0.717) is 25.9 Å². The standard InChI is InChI=1S/C16H24N2O3S/c1-12-4-6-14(7-5-12)13(2)17-16(19)15-8-10-18(11-9-15)22(3,20)21/h4-7,13,15H,8-11H2,1-3H3,(H,17,19)/t13-/m0/s1. The highest BCUT2D eigenvalue weighted by Crippen LogP contribution is 2.21. The number of rotatable bonds is 4. The number of hydrogen-bond donors (Lipinski definition) is 1. The lowest BCUT2D eigenvalue weighted by molar-refractivity contribution is -0.126. The van der Waals surface area contributed by atoms with E-state index >= 15 is 0 Å².